The summed E-state index contributed by atoms with van der Waals surface area (Å²) in [6.45, 7) is 9.73. The van der Waals surface area contributed by atoms with Crippen LogP contribution in [0.2, 0.25) is 0 Å². The summed E-state index contributed by atoms with van der Waals surface area (Å²) < 4.78 is 1.44. The van der Waals surface area contributed by atoms with E-state index in [0.717, 1.165) is 37.4 Å². The molecule has 0 radical (unpaired) electrons. The maximum atomic E-state index is 13.3. The smallest absolute Gasteiger partial charge is 0.261 e. The van der Waals surface area contributed by atoms with Crippen molar-refractivity contribution in [3.05, 3.63) is 82.7 Å². The minimum atomic E-state index is -1.11. The molecule has 0 atom stereocenters. The molecule has 0 bridgehead atoms. The Morgan fingerprint density at radius 3 is 2.41 bits per heavy atom. The number of aliphatic hydroxyl groups is 1. The van der Waals surface area contributed by atoms with Crippen molar-refractivity contribution in [3.63, 3.8) is 0 Å². The first-order chi connectivity index (χ1) is 23.5. The highest BCUT2D eigenvalue weighted by Crippen LogP contribution is 2.25. The highest BCUT2D eigenvalue weighted by Gasteiger charge is 2.34. The molecule has 0 spiro atoms. The summed E-state index contributed by atoms with van der Waals surface area (Å²) in [4.78, 5) is 49.7. The van der Waals surface area contributed by atoms with E-state index in [1.54, 1.807) is 34.3 Å². The lowest BCUT2D eigenvalue weighted by atomic mass is 9.91. The van der Waals surface area contributed by atoms with Crippen molar-refractivity contribution in [1.82, 2.24) is 29.3 Å². The van der Waals surface area contributed by atoms with Crippen molar-refractivity contribution in [2.45, 2.75) is 64.1 Å². The quantitative estimate of drug-likeness (QED) is 0.155. The van der Waals surface area contributed by atoms with Crippen LogP contribution in [0, 0.1) is 0 Å². The van der Waals surface area contributed by atoms with Gasteiger partial charge in [0, 0.05) is 88.8 Å². The molecule has 13 nitrogen and oxygen atoms in total. The van der Waals surface area contributed by atoms with Gasteiger partial charge in [-0.25, -0.2) is 10.8 Å². The van der Waals surface area contributed by atoms with Gasteiger partial charge in [0.05, 0.1) is 29.4 Å². The number of nitrogens with one attached hydrogen (secondary N) is 1. The van der Waals surface area contributed by atoms with Crippen LogP contribution in [0.5, 0.6) is 0 Å². The first-order valence-corrected chi connectivity index (χ1v) is 17.2. The third-order valence-electron chi connectivity index (χ3n) is 9.53. The van der Waals surface area contributed by atoms with Crippen molar-refractivity contribution in [2.75, 3.05) is 57.7 Å². The number of carbonyl (C=O) groups is 2. The highest BCUT2D eigenvalue weighted by molar-refractivity contribution is 5.93. The molecule has 0 unspecified atom stereocenters. The number of piperazine rings is 1. The number of hydrogen-bond acceptors (Lipinski definition) is 10. The fourth-order valence-corrected chi connectivity index (χ4v) is 6.34. The van der Waals surface area contributed by atoms with Crippen LogP contribution in [-0.2, 0) is 22.6 Å². The molecule has 3 aromatic rings. The van der Waals surface area contributed by atoms with Crippen LogP contribution in [0.25, 0.3) is 10.9 Å². The first kappa shape index (κ1) is 36.0. The van der Waals surface area contributed by atoms with Crippen molar-refractivity contribution in [1.29, 1.82) is 0 Å². The number of benzene rings is 2. The third-order valence-corrected chi connectivity index (χ3v) is 9.53. The highest BCUT2D eigenvalue weighted by atomic mass is 16.3. The molecule has 2 aliphatic heterocycles. The minimum absolute atomic E-state index is 0.0771. The Kier molecular flexibility index (Phi) is 12.0. The van der Waals surface area contributed by atoms with E-state index in [1.807, 2.05) is 44.2 Å². The Labute approximate surface area is 288 Å². The largest absolute Gasteiger partial charge is 0.400 e. The van der Waals surface area contributed by atoms with Crippen LogP contribution < -0.4 is 22.5 Å². The molecule has 2 saturated heterocycles. The van der Waals surface area contributed by atoms with Gasteiger partial charge in [-0.2, -0.15) is 0 Å². The summed E-state index contributed by atoms with van der Waals surface area (Å²) in [7, 11) is 0. The molecule has 0 saturated carbocycles. The molecule has 2 aromatic carbocycles. The van der Waals surface area contributed by atoms with E-state index in [-0.39, 0.29) is 30.0 Å². The molecule has 2 fully saturated rings. The Bertz CT molecular complexity index is 1660. The molecule has 13 heteroatoms. The standard InChI is InChI=1S/C36H51N9O4/c1-27(2)45(38)24-29(37)23-42-20-18-41(19-21-42)15-12-33(46)40-30-9-10-31-32(22-30)39-26-44(35(31)48)25-36(49)13-16-43(17-14-36)34(47)11-8-28-6-4-3-5-7-28/h3-7,9-10,22,24,26-27,49H,8,11-21,23,25,37-38H2,1-2H3,(H,40,46)/b29-24-. The number of amides is 2. The maximum Gasteiger partial charge on any atom is 0.261 e. The predicted octanol–water partition coefficient (Wildman–Crippen LogP) is 1.71. The number of hydrogen-bond donors (Lipinski definition) is 4. The molecule has 0 aliphatic carbocycles. The lowest BCUT2D eigenvalue weighted by molar-refractivity contribution is -0.135. The normalized spacial score (nSPS) is 17.4. The number of rotatable bonds is 13. The van der Waals surface area contributed by atoms with Gasteiger partial charge in [-0.15, -0.1) is 0 Å². The Morgan fingerprint density at radius 2 is 1.71 bits per heavy atom. The van der Waals surface area contributed by atoms with E-state index in [4.69, 9.17) is 11.6 Å². The van der Waals surface area contributed by atoms with E-state index >= 15 is 0 Å². The summed E-state index contributed by atoms with van der Waals surface area (Å²) in [5.74, 6) is 5.92. The van der Waals surface area contributed by atoms with Gasteiger partial charge in [0.15, 0.2) is 0 Å². The van der Waals surface area contributed by atoms with Gasteiger partial charge in [-0.3, -0.25) is 23.9 Å². The fraction of sp³-hybridized carbons (Fsp3) is 0.500. The van der Waals surface area contributed by atoms with E-state index < -0.39 is 5.60 Å². The molecule has 2 aliphatic rings. The molecule has 264 valence electrons. The topological polar surface area (TPSA) is 166 Å². The van der Waals surface area contributed by atoms with Crippen molar-refractivity contribution < 1.29 is 14.7 Å². The van der Waals surface area contributed by atoms with Crippen LogP contribution in [0.1, 0.15) is 45.1 Å². The number of nitrogens with two attached hydrogens (primary N) is 2. The Balaban J connectivity index is 1.06. The van der Waals surface area contributed by atoms with Crippen LogP contribution in [-0.4, -0.2) is 110 Å². The number of anilines is 1. The lowest BCUT2D eigenvalue weighted by Gasteiger charge is -2.38. The number of aryl methyl sites for hydroxylation is 1. The second-order valence-electron chi connectivity index (χ2n) is 13.7. The van der Waals surface area contributed by atoms with E-state index in [1.165, 1.54) is 10.9 Å². The van der Waals surface area contributed by atoms with Crippen LogP contribution in [0.4, 0.5) is 5.69 Å². The van der Waals surface area contributed by atoms with Gasteiger partial charge >= 0.3 is 0 Å². The predicted molar refractivity (Wildman–Crippen MR) is 191 cm³/mol. The molecular formula is C36H51N9O4. The van der Waals surface area contributed by atoms with Gasteiger partial charge in [-0.05, 0) is 56.9 Å². The minimum Gasteiger partial charge on any atom is -0.400 e. The number of likely N-dealkylation sites (tertiary alicyclic amines) is 1. The average Bonchev–Trinajstić information content (AvgIpc) is 3.09. The fourth-order valence-electron chi connectivity index (χ4n) is 6.34. The maximum absolute atomic E-state index is 13.3. The SMILES string of the molecule is CC(C)N(N)/C=C(\N)CN1CCN(CCC(=O)Nc2ccc3c(=O)n(CC4(O)CCN(C(=O)CCc5ccccc5)CC4)cnc3c2)CC1. The molecule has 6 N–H and O–H groups in total. The zero-order valence-electron chi connectivity index (χ0n) is 28.8. The summed E-state index contributed by atoms with van der Waals surface area (Å²) in [5.41, 5.74) is 7.70. The van der Waals surface area contributed by atoms with Crippen LogP contribution in [0.3, 0.4) is 0 Å². The van der Waals surface area contributed by atoms with Gasteiger partial charge in [0.1, 0.15) is 0 Å². The second-order valence-corrected chi connectivity index (χ2v) is 13.7. The summed E-state index contributed by atoms with van der Waals surface area (Å²) in [6.07, 6.45) is 5.46. The molecule has 5 rings (SSSR count). The summed E-state index contributed by atoms with van der Waals surface area (Å²) >= 11 is 0. The zero-order valence-corrected chi connectivity index (χ0v) is 28.8. The second kappa shape index (κ2) is 16.4. The van der Waals surface area contributed by atoms with Gasteiger partial charge < -0.3 is 31.0 Å². The Morgan fingerprint density at radius 1 is 1.02 bits per heavy atom. The van der Waals surface area contributed by atoms with Gasteiger partial charge in [0.25, 0.3) is 5.56 Å². The number of hydrazine groups is 1. The van der Waals surface area contributed by atoms with Crippen molar-refractivity contribution in [3.8, 4) is 0 Å². The number of carbonyl (C=O) groups excluding carboxylic acids is 2. The number of aromatic nitrogens is 2. The zero-order chi connectivity index (χ0) is 35.0. The van der Waals surface area contributed by atoms with Crippen LogP contribution in [0.15, 0.2) is 71.5 Å². The summed E-state index contributed by atoms with van der Waals surface area (Å²) in [6, 6.07) is 15.2. The van der Waals surface area contributed by atoms with Crippen molar-refractivity contribution in [2.24, 2.45) is 11.6 Å². The van der Waals surface area contributed by atoms with E-state index in [2.05, 4.69) is 20.1 Å². The average molecular weight is 674 g/mol. The molecule has 1 aromatic heterocycles. The van der Waals surface area contributed by atoms with Crippen molar-refractivity contribution >= 4 is 28.4 Å². The van der Waals surface area contributed by atoms with Crippen LogP contribution >= 0.6 is 0 Å². The number of nitrogens with zero attached hydrogens (tertiary/aromatic N) is 6. The molecule has 49 heavy (non-hydrogen) atoms. The molecule has 3 heterocycles. The monoisotopic (exact) mass is 673 g/mol. The lowest BCUT2D eigenvalue weighted by Crippen LogP contribution is -2.49. The van der Waals surface area contributed by atoms with Gasteiger partial charge in [-0.1, -0.05) is 30.3 Å². The molecule has 2 amide bonds. The molecular weight excluding hydrogens is 622 g/mol. The van der Waals surface area contributed by atoms with E-state index in [0.29, 0.717) is 74.9 Å². The Hall–Kier alpha value is -4.30. The van der Waals surface area contributed by atoms with E-state index in [9.17, 15) is 19.5 Å². The first-order valence-electron chi connectivity index (χ1n) is 17.2. The third kappa shape index (κ3) is 10.1. The van der Waals surface area contributed by atoms with Gasteiger partial charge in [0.2, 0.25) is 11.8 Å². The number of piperidine rings is 1. The number of fused-ring (bicyclic) bond motifs is 1. The summed E-state index contributed by atoms with van der Waals surface area (Å²) in [5, 5.41) is 16.3.